The average molecular weight is 411 g/mol. The minimum absolute atomic E-state index is 0.149. The molecule has 0 fully saturated rings. The lowest BCUT2D eigenvalue weighted by Crippen LogP contribution is -2.43. The highest BCUT2D eigenvalue weighted by Gasteiger charge is 2.34. The molecule has 1 atom stereocenters. The predicted octanol–water partition coefficient (Wildman–Crippen LogP) is 4.72. The highest BCUT2D eigenvalue weighted by molar-refractivity contribution is 7.92. The summed E-state index contributed by atoms with van der Waals surface area (Å²) in [4.78, 5) is 3.83. The standard InChI is InChI=1S/C23H26N2O3S/c1-3-16-14-25(22-12-15(2)8-11-23(22)28-16)29(26,27)17-9-10-21-19(13-17)18-6-4-5-7-20(18)24-21/h8-13,16,24H,3-7,14H2,1-2H3. The van der Waals surface area contributed by atoms with Gasteiger partial charge in [0.1, 0.15) is 11.9 Å². The van der Waals surface area contributed by atoms with Crippen LogP contribution in [-0.4, -0.2) is 26.1 Å². The third kappa shape index (κ3) is 3.01. The molecule has 5 nitrogen and oxygen atoms in total. The van der Waals surface area contributed by atoms with E-state index in [9.17, 15) is 8.42 Å². The van der Waals surface area contributed by atoms with Gasteiger partial charge in [-0.05, 0) is 80.5 Å². The number of aromatic amines is 1. The Kier molecular flexibility index (Phi) is 4.35. The lowest BCUT2D eigenvalue weighted by atomic mass is 9.96. The maximum absolute atomic E-state index is 13.7. The van der Waals surface area contributed by atoms with Crippen molar-refractivity contribution in [3.05, 3.63) is 53.2 Å². The Morgan fingerprint density at radius 1 is 1.14 bits per heavy atom. The van der Waals surface area contributed by atoms with E-state index in [0.717, 1.165) is 42.1 Å². The number of aryl methyl sites for hydroxylation is 3. The summed E-state index contributed by atoms with van der Waals surface area (Å²) >= 11 is 0. The van der Waals surface area contributed by atoms with Crippen LogP contribution < -0.4 is 9.04 Å². The fraction of sp³-hybridized carbons (Fsp3) is 0.391. The maximum Gasteiger partial charge on any atom is 0.264 e. The molecule has 0 saturated carbocycles. The van der Waals surface area contributed by atoms with Crippen molar-refractivity contribution in [2.24, 2.45) is 0 Å². The van der Waals surface area contributed by atoms with Crippen molar-refractivity contribution >= 4 is 26.6 Å². The molecule has 0 spiro atoms. The van der Waals surface area contributed by atoms with Crippen molar-refractivity contribution in [2.75, 3.05) is 10.8 Å². The summed E-state index contributed by atoms with van der Waals surface area (Å²) in [5.41, 5.74) is 5.22. The number of rotatable bonds is 3. The first-order valence-corrected chi connectivity index (χ1v) is 11.8. The van der Waals surface area contributed by atoms with Crippen LogP contribution in [0.5, 0.6) is 5.75 Å². The second-order valence-electron chi connectivity index (χ2n) is 8.15. The van der Waals surface area contributed by atoms with Crippen LogP contribution in [0.4, 0.5) is 5.69 Å². The molecule has 3 aromatic rings. The second-order valence-corrected chi connectivity index (χ2v) is 10.0. The van der Waals surface area contributed by atoms with E-state index in [1.54, 1.807) is 6.07 Å². The number of fused-ring (bicyclic) bond motifs is 4. The highest BCUT2D eigenvalue weighted by Crippen LogP contribution is 2.39. The van der Waals surface area contributed by atoms with Crippen molar-refractivity contribution in [3.8, 4) is 5.75 Å². The van der Waals surface area contributed by atoms with Crippen molar-refractivity contribution in [2.45, 2.75) is 57.0 Å². The zero-order valence-corrected chi connectivity index (χ0v) is 17.7. The molecule has 5 rings (SSSR count). The van der Waals surface area contributed by atoms with E-state index < -0.39 is 10.0 Å². The molecule has 29 heavy (non-hydrogen) atoms. The molecule has 1 unspecified atom stereocenters. The highest BCUT2D eigenvalue weighted by atomic mass is 32.2. The van der Waals surface area contributed by atoms with Crippen LogP contribution >= 0.6 is 0 Å². The van der Waals surface area contributed by atoms with Gasteiger partial charge in [-0.25, -0.2) is 8.42 Å². The number of benzene rings is 2. The van der Waals surface area contributed by atoms with E-state index in [1.807, 2.05) is 44.2 Å². The third-order valence-corrected chi connectivity index (χ3v) is 7.93. The SMILES string of the molecule is CCC1CN(S(=O)(=O)c2ccc3[nH]c4c(c3c2)CCCC4)c2cc(C)ccc2O1. The lowest BCUT2D eigenvalue weighted by Gasteiger charge is -2.35. The normalized spacial score (nSPS) is 19.0. The molecule has 2 heterocycles. The molecule has 2 aromatic carbocycles. The first-order valence-electron chi connectivity index (χ1n) is 10.4. The van der Waals surface area contributed by atoms with Gasteiger partial charge >= 0.3 is 0 Å². The molecule has 2 aliphatic rings. The molecule has 0 amide bonds. The number of ether oxygens (including phenoxy) is 1. The van der Waals surface area contributed by atoms with E-state index >= 15 is 0 Å². The molecule has 6 heteroatoms. The fourth-order valence-electron chi connectivity index (χ4n) is 4.53. The number of H-pyrrole nitrogens is 1. The van der Waals surface area contributed by atoms with E-state index in [-0.39, 0.29) is 6.10 Å². The van der Waals surface area contributed by atoms with Gasteiger partial charge in [0, 0.05) is 16.6 Å². The monoisotopic (exact) mass is 410 g/mol. The number of aromatic nitrogens is 1. The van der Waals surface area contributed by atoms with Crippen LogP contribution in [0.2, 0.25) is 0 Å². The molecule has 152 valence electrons. The number of nitrogens with zero attached hydrogens (tertiary/aromatic N) is 1. The Morgan fingerprint density at radius 3 is 2.79 bits per heavy atom. The van der Waals surface area contributed by atoms with Gasteiger partial charge in [0.2, 0.25) is 0 Å². The zero-order chi connectivity index (χ0) is 20.2. The number of sulfonamides is 1. The van der Waals surface area contributed by atoms with Crippen molar-refractivity contribution < 1.29 is 13.2 Å². The van der Waals surface area contributed by atoms with Gasteiger partial charge in [0.25, 0.3) is 10.0 Å². The summed E-state index contributed by atoms with van der Waals surface area (Å²) < 4.78 is 35.0. The summed E-state index contributed by atoms with van der Waals surface area (Å²) in [7, 11) is -3.69. The minimum atomic E-state index is -3.69. The van der Waals surface area contributed by atoms with Crippen molar-refractivity contribution in [3.63, 3.8) is 0 Å². The second kappa shape index (κ2) is 6.80. The molecule has 1 aliphatic carbocycles. The van der Waals surface area contributed by atoms with Gasteiger partial charge in [0.05, 0.1) is 17.1 Å². The summed E-state index contributed by atoms with van der Waals surface area (Å²) in [5.74, 6) is 0.636. The molecule has 0 radical (unpaired) electrons. The van der Waals surface area contributed by atoms with Crippen LogP contribution in [0.25, 0.3) is 10.9 Å². The smallest absolute Gasteiger partial charge is 0.264 e. The molecule has 1 N–H and O–H groups in total. The maximum atomic E-state index is 13.7. The Bertz CT molecular complexity index is 1200. The van der Waals surface area contributed by atoms with Crippen LogP contribution in [-0.2, 0) is 22.9 Å². The van der Waals surface area contributed by atoms with Crippen LogP contribution in [0.1, 0.15) is 43.0 Å². The van der Waals surface area contributed by atoms with Gasteiger partial charge in [-0.15, -0.1) is 0 Å². The Hall–Kier alpha value is -2.47. The number of hydrogen-bond donors (Lipinski definition) is 1. The number of hydrogen-bond acceptors (Lipinski definition) is 3. The van der Waals surface area contributed by atoms with Gasteiger partial charge in [-0.1, -0.05) is 13.0 Å². The molecular formula is C23H26N2O3S. The van der Waals surface area contributed by atoms with E-state index in [2.05, 4.69) is 4.98 Å². The van der Waals surface area contributed by atoms with Crippen molar-refractivity contribution in [1.29, 1.82) is 0 Å². The number of nitrogens with one attached hydrogen (secondary N) is 1. The summed E-state index contributed by atoms with van der Waals surface area (Å²) in [6.45, 7) is 4.32. The number of anilines is 1. The topological polar surface area (TPSA) is 62.4 Å². The van der Waals surface area contributed by atoms with Gasteiger partial charge < -0.3 is 9.72 Å². The van der Waals surface area contributed by atoms with Gasteiger partial charge in [-0.2, -0.15) is 0 Å². The average Bonchev–Trinajstić information content (AvgIpc) is 3.10. The van der Waals surface area contributed by atoms with Crippen molar-refractivity contribution in [1.82, 2.24) is 4.98 Å². The van der Waals surface area contributed by atoms with Gasteiger partial charge in [0.15, 0.2) is 0 Å². The van der Waals surface area contributed by atoms with Crippen LogP contribution in [0, 0.1) is 6.92 Å². The first-order chi connectivity index (χ1) is 14.0. The Labute approximate surface area is 171 Å². The largest absolute Gasteiger partial charge is 0.486 e. The molecule has 1 aromatic heterocycles. The summed E-state index contributed by atoms with van der Waals surface area (Å²) in [6.07, 6.45) is 5.00. The summed E-state index contributed by atoms with van der Waals surface area (Å²) in [5, 5.41) is 1.05. The first kappa shape index (κ1) is 18.6. The molecule has 0 saturated heterocycles. The predicted molar refractivity (Wildman–Crippen MR) is 115 cm³/mol. The van der Waals surface area contributed by atoms with Crippen LogP contribution in [0.3, 0.4) is 0 Å². The van der Waals surface area contributed by atoms with E-state index in [4.69, 9.17) is 4.74 Å². The van der Waals surface area contributed by atoms with Gasteiger partial charge in [-0.3, -0.25) is 4.31 Å². The summed E-state index contributed by atoms with van der Waals surface area (Å²) in [6, 6.07) is 11.2. The quantitative estimate of drug-likeness (QED) is 0.679. The Balaban J connectivity index is 1.63. The van der Waals surface area contributed by atoms with E-state index in [1.165, 1.54) is 22.0 Å². The fourth-order valence-corrected chi connectivity index (χ4v) is 6.06. The van der Waals surface area contributed by atoms with Crippen LogP contribution in [0.15, 0.2) is 41.3 Å². The Morgan fingerprint density at radius 2 is 1.97 bits per heavy atom. The minimum Gasteiger partial charge on any atom is -0.486 e. The lowest BCUT2D eigenvalue weighted by molar-refractivity contribution is 0.195. The zero-order valence-electron chi connectivity index (χ0n) is 16.9. The third-order valence-electron chi connectivity index (χ3n) is 6.16. The van der Waals surface area contributed by atoms with E-state index in [0.29, 0.717) is 22.9 Å². The molecule has 0 bridgehead atoms. The molecule has 1 aliphatic heterocycles. The molecular weight excluding hydrogens is 384 g/mol.